The zero-order chi connectivity index (χ0) is 23.7. The molecule has 3 N–H and O–H groups in total. The number of anilines is 2. The van der Waals surface area contributed by atoms with Gasteiger partial charge < -0.3 is 25.4 Å². The van der Waals surface area contributed by atoms with Crippen LogP contribution in [0, 0.1) is 0 Å². The lowest BCUT2D eigenvalue weighted by atomic mass is 10.1. The second kappa shape index (κ2) is 9.20. The maximum absolute atomic E-state index is 12.9. The smallest absolute Gasteiger partial charge is 0.371 e. The van der Waals surface area contributed by atoms with Gasteiger partial charge >= 0.3 is 12.2 Å². The molecule has 4 heterocycles. The topological polar surface area (TPSA) is 97.4 Å². The Morgan fingerprint density at radius 2 is 1.85 bits per heavy atom. The second-order valence-corrected chi connectivity index (χ2v) is 8.82. The van der Waals surface area contributed by atoms with Crippen molar-refractivity contribution in [2.24, 2.45) is 0 Å². The Balaban J connectivity index is 1.18. The lowest BCUT2D eigenvalue weighted by Crippen LogP contribution is -2.46. The highest BCUT2D eigenvalue weighted by Gasteiger charge is 2.48. The highest BCUT2D eigenvalue weighted by molar-refractivity contribution is 7.13. The number of halogens is 3. The highest BCUT2D eigenvalue weighted by Crippen LogP contribution is 2.31. The number of carbonyl (C=O) groups is 1. The minimum absolute atomic E-state index is 0.0393. The molecule has 8 nitrogen and oxygen atoms in total. The molecule has 0 aliphatic carbocycles. The Labute approximate surface area is 196 Å². The van der Waals surface area contributed by atoms with Crippen molar-refractivity contribution in [3.63, 3.8) is 0 Å². The van der Waals surface area contributed by atoms with Crippen LogP contribution in [0.5, 0.6) is 0 Å². The molecule has 0 bridgehead atoms. The molecule has 4 atom stereocenters. The molecule has 2 aliphatic rings. The first-order valence-electron chi connectivity index (χ1n) is 10.5. The van der Waals surface area contributed by atoms with Crippen LogP contribution < -0.4 is 16.0 Å². The predicted octanol–water partition coefficient (Wildman–Crippen LogP) is 3.99. The van der Waals surface area contributed by atoms with Gasteiger partial charge in [-0.3, -0.25) is 0 Å². The van der Waals surface area contributed by atoms with Crippen molar-refractivity contribution in [2.45, 2.75) is 30.5 Å². The Kier molecular flexibility index (Phi) is 6.11. The van der Waals surface area contributed by atoms with E-state index in [4.69, 9.17) is 9.47 Å². The van der Waals surface area contributed by atoms with Crippen LogP contribution in [0.4, 0.5) is 29.6 Å². The van der Waals surface area contributed by atoms with Gasteiger partial charge in [-0.2, -0.15) is 13.2 Å². The summed E-state index contributed by atoms with van der Waals surface area (Å²) in [7, 11) is 0. The summed E-state index contributed by atoms with van der Waals surface area (Å²) in [5.41, 5.74) is 0.00605. The van der Waals surface area contributed by atoms with E-state index in [2.05, 4.69) is 25.9 Å². The number of urea groups is 1. The number of rotatable bonds is 5. The fourth-order valence-electron chi connectivity index (χ4n) is 4.01. The van der Waals surface area contributed by atoms with E-state index in [0.717, 1.165) is 22.7 Å². The van der Waals surface area contributed by atoms with Crippen molar-refractivity contribution in [2.75, 3.05) is 23.8 Å². The summed E-state index contributed by atoms with van der Waals surface area (Å²) in [5.74, 6) is 0.447. The first-order valence-corrected chi connectivity index (χ1v) is 11.4. The highest BCUT2D eigenvalue weighted by atomic mass is 32.1. The van der Waals surface area contributed by atoms with E-state index in [1.54, 1.807) is 17.5 Å². The Bertz CT molecular complexity index is 1160. The Morgan fingerprint density at radius 3 is 2.62 bits per heavy atom. The minimum Gasteiger partial charge on any atom is -0.371 e. The number of nitrogens with zero attached hydrogens (tertiary/aromatic N) is 2. The molecule has 178 valence electrons. The maximum Gasteiger partial charge on any atom is 0.416 e. The van der Waals surface area contributed by atoms with E-state index in [0.29, 0.717) is 12.6 Å². The van der Waals surface area contributed by atoms with Gasteiger partial charge in [0.15, 0.2) is 0 Å². The molecular formula is C22H20F3N5O3S. The summed E-state index contributed by atoms with van der Waals surface area (Å²) < 4.78 is 50.4. The lowest BCUT2D eigenvalue weighted by Gasteiger charge is -2.19. The van der Waals surface area contributed by atoms with Crippen molar-refractivity contribution < 1.29 is 27.4 Å². The number of nitrogens with one attached hydrogen (secondary N) is 3. The molecule has 0 radical (unpaired) electrons. The summed E-state index contributed by atoms with van der Waals surface area (Å²) in [6.45, 7) is 0.537. The monoisotopic (exact) mass is 491 g/mol. The molecule has 34 heavy (non-hydrogen) atoms. The normalized spacial score (nSPS) is 24.0. The van der Waals surface area contributed by atoms with Crippen molar-refractivity contribution >= 4 is 29.0 Å². The van der Waals surface area contributed by atoms with Gasteiger partial charge in [0.1, 0.15) is 12.2 Å². The van der Waals surface area contributed by atoms with Crippen LogP contribution in [0.2, 0.25) is 0 Å². The van der Waals surface area contributed by atoms with Crippen molar-refractivity contribution in [1.29, 1.82) is 0 Å². The van der Waals surface area contributed by atoms with Crippen LogP contribution in [0.3, 0.4) is 0 Å². The van der Waals surface area contributed by atoms with E-state index in [-0.39, 0.29) is 24.4 Å². The average molecular weight is 491 g/mol. The number of benzene rings is 1. The van der Waals surface area contributed by atoms with Crippen molar-refractivity contribution in [3.8, 4) is 10.6 Å². The standard InChI is InChI=1S/C22H20F3N5O3S/c23-22(24,25)12-3-1-4-13(9-12)27-21(31)30-16-11-33-18-15(10-32-19(16)18)29-20-26-7-6-14(28-20)17-5-2-8-34-17/h1-9,15-16,18-19H,10-11H2,(H,26,28,29)(H2,27,30,31)/t15-,16-,18+,19+/m0/s1. The van der Waals surface area contributed by atoms with Crippen LogP contribution >= 0.6 is 11.3 Å². The predicted molar refractivity (Wildman–Crippen MR) is 120 cm³/mol. The van der Waals surface area contributed by atoms with Gasteiger partial charge in [0, 0.05) is 11.9 Å². The van der Waals surface area contributed by atoms with Crippen LogP contribution in [0.1, 0.15) is 5.56 Å². The molecule has 2 saturated heterocycles. The molecule has 12 heteroatoms. The molecule has 2 aliphatic heterocycles. The third kappa shape index (κ3) is 4.83. The fourth-order valence-corrected chi connectivity index (χ4v) is 4.71. The molecular weight excluding hydrogens is 471 g/mol. The van der Waals surface area contributed by atoms with Crippen molar-refractivity contribution in [3.05, 3.63) is 59.6 Å². The van der Waals surface area contributed by atoms with Crippen molar-refractivity contribution in [1.82, 2.24) is 15.3 Å². The molecule has 5 rings (SSSR count). The van der Waals surface area contributed by atoms with E-state index < -0.39 is 29.9 Å². The molecule has 2 aromatic heterocycles. The maximum atomic E-state index is 12.9. The summed E-state index contributed by atoms with van der Waals surface area (Å²) >= 11 is 1.58. The second-order valence-electron chi connectivity index (χ2n) is 7.87. The Morgan fingerprint density at radius 1 is 1.06 bits per heavy atom. The van der Waals surface area contributed by atoms with Gasteiger partial charge in [0.2, 0.25) is 5.95 Å². The molecule has 0 unspecified atom stereocenters. The molecule has 3 aromatic rings. The van der Waals surface area contributed by atoms with E-state index in [9.17, 15) is 18.0 Å². The lowest BCUT2D eigenvalue weighted by molar-refractivity contribution is -0.137. The van der Waals surface area contributed by atoms with E-state index in [1.807, 2.05) is 23.6 Å². The zero-order valence-corrected chi connectivity index (χ0v) is 18.4. The van der Waals surface area contributed by atoms with Crippen LogP contribution in [0.25, 0.3) is 10.6 Å². The van der Waals surface area contributed by atoms with E-state index >= 15 is 0 Å². The van der Waals surface area contributed by atoms with Gasteiger partial charge in [-0.1, -0.05) is 12.1 Å². The number of aromatic nitrogens is 2. The quantitative estimate of drug-likeness (QED) is 0.500. The van der Waals surface area contributed by atoms with Crippen LogP contribution in [-0.4, -0.2) is 53.5 Å². The number of fused-ring (bicyclic) bond motifs is 1. The summed E-state index contributed by atoms with van der Waals surface area (Å²) in [6, 6.07) is 8.89. The van der Waals surface area contributed by atoms with E-state index in [1.165, 1.54) is 12.1 Å². The first kappa shape index (κ1) is 22.6. The number of hydrogen-bond acceptors (Lipinski definition) is 7. The average Bonchev–Trinajstić information content (AvgIpc) is 3.54. The number of ether oxygens (including phenoxy) is 2. The molecule has 2 fully saturated rings. The minimum atomic E-state index is -4.49. The van der Waals surface area contributed by atoms with Gasteiger partial charge in [0.25, 0.3) is 0 Å². The SMILES string of the molecule is O=C(Nc1cccc(C(F)(F)F)c1)N[C@H]1CO[C@H]2[C@@H]1OC[C@@H]2Nc1nccc(-c2cccs2)n1. The summed E-state index contributed by atoms with van der Waals surface area (Å²) in [5, 5.41) is 10.4. The molecule has 0 spiro atoms. The van der Waals surface area contributed by atoms with Gasteiger partial charge in [-0.15, -0.1) is 11.3 Å². The summed E-state index contributed by atoms with van der Waals surface area (Å²) in [4.78, 5) is 22.2. The first-order chi connectivity index (χ1) is 16.4. The Hall–Kier alpha value is -3.22. The number of thiophene rings is 1. The van der Waals surface area contributed by atoms with Gasteiger partial charge in [-0.25, -0.2) is 14.8 Å². The number of hydrogen-bond donors (Lipinski definition) is 3. The third-order valence-electron chi connectivity index (χ3n) is 5.56. The summed E-state index contributed by atoms with van der Waals surface area (Å²) in [6.07, 6.45) is -3.57. The van der Waals surface area contributed by atoms with Crippen LogP contribution in [-0.2, 0) is 15.7 Å². The fraction of sp³-hybridized carbons (Fsp3) is 0.318. The van der Waals surface area contributed by atoms with Crippen LogP contribution in [0.15, 0.2) is 54.0 Å². The number of amides is 2. The number of carbonyl (C=O) groups excluding carboxylic acids is 1. The van der Waals surface area contributed by atoms with Gasteiger partial charge in [0.05, 0.1) is 41.4 Å². The third-order valence-corrected chi connectivity index (χ3v) is 6.45. The number of alkyl halides is 3. The van der Waals surface area contributed by atoms with Gasteiger partial charge in [-0.05, 0) is 35.7 Å². The zero-order valence-electron chi connectivity index (χ0n) is 17.6. The largest absolute Gasteiger partial charge is 0.416 e. The molecule has 0 saturated carbocycles. The molecule has 2 amide bonds. The molecule has 1 aromatic carbocycles.